The molecule has 0 spiro atoms. The topological polar surface area (TPSA) is 86.0 Å². The Hall–Kier alpha value is -2.99. The molecule has 0 radical (unpaired) electrons. The van der Waals surface area contributed by atoms with Gasteiger partial charge in [-0.1, -0.05) is 24.3 Å². The molecule has 4 aromatic rings. The number of hydrogen-bond donors (Lipinski definition) is 2. The van der Waals surface area contributed by atoms with Crippen LogP contribution >= 0.6 is 12.4 Å². The minimum Gasteiger partial charge on any atom is -0.493 e. The van der Waals surface area contributed by atoms with E-state index in [9.17, 15) is 0 Å². The van der Waals surface area contributed by atoms with Crippen molar-refractivity contribution >= 4 is 40.2 Å². The molecule has 0 saturated heterocycles. The van der Waals surface area contributed by atoms with Crippen LogP contribution in [0, 0.1) is 0 Å². The lowest BCUT2D eigenvalue weighted by Gasteiger charge is -2.11. The number of aromatic nitrogens is 3. The number of fused-ring (bicyclic) bond motifs is 3. The maximum Gasteiger partial charge on any atom is 0.161 e. The fourth-order valence-corrected chi connectivity index (χ4v) is 2.98. The van der Waals surface area contributed by atoms with Crippen LogP contribution in [0.1, 0.15) is 0 Å². The van der Waals surface area contributed by atoms with Crippen molar-refractivity contribution in [2.75, 3.05) is 20.0 Å². The van der Waals surface area contributed by atoms with Gasteiger partial charge in [-0.15, -0.1) is 22.6 Å². The first-order valence-electron chi connectivity index (χ1n) is 7.48. The highest BCUT2D eigenvalue weighted by Crippen LogP contribution is 2.38. The Bertz CT molecular complexity index is 1060. The largest absolute Gasteiger partial charge is 0.493 e. The standard InChI is InChI=1S/C18H16N4O2.ClH/c1-23-13-8-7-10(9-14(13)24-2)15-17-16(21-22-18(15)19)11-5-3-4-6-12(11)20-17;/h3-9,20H,1-2H3,(H2,19,22);1H. The van der Waals surface area contributed by atoms with Gasteiger partial charge < -0.3 is 20.2 Å². The molecular formula is C18H17ClN4O2. The molecule has 2 heterocycles. The van der Waals surface area contributed by atoms with Gasteiger partial charge in [0, 0.05) is 10.9 Å². The molecule has 0 aliphatic rings. The number of anilines is 1. The van der Waals surface area contributed by atoms with Gasteiger partial charge in [0.2, 0.25) is 0 Å². The van der Waals surface area contributed by atoms with Gasteiger partial charge in [-0.25, -0.2) is 0 Å². The number of methoxy groups -OCH3 is 2. The number of aromatic amines is 1. The maximum atomic E-state index is 6.14. The Morgan fingerprint density at radius 2 is 1.72 bits per heavy atom. The van der Waals surface area contributed by atoms with Crippen molar-refractivity contribution in [3.8, 4) is 22.6 Å². The SMILES string of the molecule is COc1ccc(-c2c(N)nnc3c2[nH]c2ccccc23)cc1OC.Cl. The zero-order valence-corrected chi connectivity index (χ0v) is 14.6. The predicted octanol–water partition coefficient (Wildman–Crippen LogP) is 3.80. The maximum absolute atomic E-state index is 6.14. The third-order valence-corrected chi connectivity index (χ3v) is 4.11. The Morgan fingerprint density at radius 3 is 2.48 bits per heavy atom. The summed E-state index contributed by atoms with van der Waals surface area (Å²) in [5, 5.41) is 9.42. The third kappa shape index (κ3) is 2.60. The minimum atomic E-state index is 0. The molecule has 6 nitrogen and oxygen atoms in total. The molecule has 0 bridgehead atoms. The highest BCUT2D eigenvalue weighted by molar-refractivity contribution is 6.11. The lowest BCUT2D eigenvalue weighted by Crippen LogP contribution is -1.98. The molecule has 2 aromatic carbocycles. The van der Waals surface area contributed by atoms with Gasteiger partial charge in [-0.05, 0) is 23.8 Å². The summed E-state index contributed by atoms with van der Waals surface area (Å²) in [7, 11) is 3.21. The molecule has 0 fully saturated rings. The van der Waals surface area contributed by atoms with Crippen LogP contribution in [0.5, 0.6) is 11.5 Å². The van der Waals surface area contributed by atoms with Crippen LogP contribution in [0.4, 0.5) is 5.82 Å². The number of para-hydroxylation sites is 1. The number of H-pyrrole nitrogens is 1. The van der Waals surface area contributed by atoms with E-state index in [2.05, 4.69) is 15.2 Å². The molecule has 0 amide bonds. The number of nitrogen functional groups attached to an aromatic ring is 1. The van der Waals surface area contributed by atoms with Crippen molar-refractivity contribution in [3.05, 3.63) is 42.5 Å². The quantitative estimate of drug-likeness (QED) is 0.583. The molecule has 0 atom stereocenters. The summed E-state index contributed by atoms with van der Waals surface area (Å²) in [4.78, 5) is 3.40. The third-order valence-electron chi connectivity index (χ3n) is 4.11. The van der Waals surface area contributed by atoms with E-state index in [1.54, 1.807) is 14.2 Å². The summed E-state index contributed by atoms with van der Waals surface area (Å²) in [6.07, 6.45) is 0. The van der Waals surface area contributed by atoms with E-state index in [0.29, 0.717) is 17.3 Å². The monoisotopic (exact) mass is 356 g/mol. The molecule has 0 aliphatic heterocycles. The second kappa shape index (κ2) is 6.49. The van der Waals surface area contributed by atoms with Crippen LogP contribution in [0.3, 0.4) is 0 Å². The second-order valence-corrected chi connectivity index (χ2v) is 5.42. The summed E-state index contributed by atoms with van der Waals surface area (Å²) in [5.41, 5.74) is 10.5. The Kier molecular flexibility index (Phi) is 4.37. The molecule has 128 valence electrons. The van der Waals surface area contributed by atoms with Gasteiger partial charge in [0.05, 0.1) is 25.3 Å². The zero-order valence-electron chi connectivity index (χ0n) is 13.7. The number of nitrogens with two attached hydrogens (primary N) is 1. The Labute approximate surface area is 150 Å². The van der Waals surface area contributed by atoms with Crippen LogP contribution in [-0.4, -0.2) is 29.4 Å². The van der Waals surface area contributed by atoms with E-state index in [1.165, 1.54) is 0 Å². The molecule has 0 unspecified atom stereocenters. The van der Waals surface area contributed by atoms with Gasteiger partial charge in [-0.2, -0.15) is 0 Å². The van der Waals surface area contributed by atoms with E-state index in [-0.39, 0.29) is 12.4 Å². The zero-order chi connectivity index (χ0) is 16.7. The summed E-state index contributed by atoms with van der Waals surface area (Å²) in [6, 6.07) is 13.6. The summed E-state index contributed by atoms with van der Waals surface area (Å²) >= 11 is 0. The predicted molar refractivity (Wildman–Crippen MR) is 102 cm³/mol. The molecule has 0 aliphatic carbocycles. The lowest BCUT2D eigenvalue weighted by atomic mass is 10.0. The molecule has 7 heteroatoms. The average molecular weight is 357 g/mol. The van der Waals surface area contributed by atoms with E-state index >= 15 is 0 Å². The van der Waals surface area contributed by atoms with Gasteiger partial charge in [-0.3, -0.25) is 0 Å². The van der Waals surface area contributed by atoms with Crippen LogP contribution in [0.15, 0.2) is 42.5 Å². The van der Waals surface area contributed by atoms with E-state index in [4.69, 9.17) is 15.2 Å². The molecule has 4 rings (SSSR count). The van der Waals surface area contributed by atoms with Gasteiger partial charge in [0.15, 0.2) is 17.3 Å². The van der Waals surface area contributed by atoms with Gasteiger partial charge in [0.1, 0.15) is 5.52 Å². The summed E-state index contributed by atoms with van der Waals surface area (Å²) < 4.78 is 10.7. The first kappa shape index (κ1) is 16.9. The van der Waals surface area contributed by atoms with Crippen molar-refractivity contribution in [1.82, 2.24) is 15.2 Å². The molecular weight excluding hydrogens is 340 g/mol. The fraction of sp³-hybridized carbons (Fsp3) is 0.111. The van der Waals surface area contributed by atoms with Crippen LogP contribution in [0.2, 0.25) is 0 Å². The Balaban J connectivity index is 0.00000182. The van der Waals surface area contributed by atoms with E-state index < -0.39 is 0 Å². The number of ether oxygens (including phenoxy) is 2. The number of rotatable bonds is 3. The Morgan fingerprint density at radius 1 is 0.960 bits per heavy atom. The number of halogens is 1. The number of nitrogens with zero attached hydrogens (tertiary/aromatic N) is 2. The van der Waals surface area contributed by atoms with Crippen molar-refractivity contribution in [2.45, 2.75) is 0 Å². The van der Waals surface area contributed by atoms with Crippen LogP contribution in [0.25, 0.3) is 33.1 Å². The van der Waals surface area contributed by atoms with Gasteiger partial charge >= 0.3 is 0 Å². The summed E-state index contributed by atoms with van der Waals surface area (Å²) in [6.45, 7) is 0. The normalized spacial score (nSPS) is 10.6. The minimum absolute atomic E-state index is 0. The first-order valence-corrected chi connectivity index (χ1v) is 7.48. The smallest absolute Gasteiger partial charge is 0.161 e. The second-order valence-electron chi connectivity index (χ2n) is 5.42. The van der Waals surface area contributed by atoms with Crippen LogP contribution in [-0.2, 0) is 0 Å². The lowest BCUT2D eigenvalue weighted by molar-refractivity contribution is 0.355. The van der Waals surface area contributed by atoms with Gasteiger partial charge in [0.25, 0.3) is 0 Å². The summed E-state index contributed by atoms with van der Waals surface area (Å²) in [5.74, 6) is 1.66. The molecule has 0 saturated carbocycles. The van der Waals surface area contributed by atoms with Crippen molar-refractivity contribution < 1.29 is 9.47 Å². The van der Waals surface area contributed by atoms with Crippen molar-refractivity contribution in [3.63, 3.8) is 0 Å². The highest BCUT2D eigenvalue weighted by atomic mass is 35.5. The number of nitrogens with one attached hydrogen (secondary N) is 1. The van der Waals surface area contributed by atoms with E-state index in [0.717, 1.165) is 33.1 Å². The molecule has 2 aromatic heterocycles. The van der Waals surface area contributed by atoms with Crippen LogP contribution < -0.4 is 15.2 Å². The highest BCUT2D eigenvalue weighted by Gasteiger charge is 2.16. The number of benzene rings is 2. The van der Waals surface area contributed by atoms with Crippen molar-refractivity contribution in [2.24, 2.45) is 0 Å². The van der Waals surface area contributed by atoms with Crippen molar-refractivity contribution in [1.29, 1.82) is 0 Å². The van der Waals surface area contributed by atoms with E-state index in [1.807, 2.05) is 42.5 Å². The molecule has 25 heavy (non-hydrogen) atoms. The molecule has 3 N–H and O–H groups in total. The average Bonchev–Trinajstić information content (AvgIpc) is 2.99. The first-order chi connectivity index (χ1) is 11.7. The number of hydrogen-bond acceptors (Lipinski definition) is 5. The fourth-order valence-electron chi connectivity index (χ4n) is 2.98.